The van der Waals surface area contributed by atoms with E-state index in [2.05, 4.69) is 49.6 Å². The lowest BCUT2D eigenvalue weighted by atomic mass is 10.1. The molecule has 0 unspecified atom stereocenters. The van der Waals surface area contributed by atoms with Crippen LogP contribution in [0.15, 0.2) is 24.3 Å². The molecular weight excluding hydrogens is 222 g/mol. The topological polar surface area (TPSA) is 32.5 Å². The van der Waals surface area contributed by atoms with Crippen molar-refractivity contribution in [2.75, 3.05) is 31.9 Å². The molecule has 0 aliphatic carbocycles. The molecule has 2 N–H and O–H groups in total. The van der Waals surface area contributed by atoms with Crippen LogP contribution < -0.4 is 5.73 Å². The molecule has 0 aliphatic rings. The highest BCUT2D eigenvalue weighted by Crippen LogP contribution is 2.25. The summed E-state index contributed by atoms with van der Waals surface area (Å²) in [5.74, 6) is 0. The monoisotopic (exact) mass is 249 g/mol. The van der Waals surface area contributed by atoms with Gasteiger partial charge in [-0.25, -0.2) is 0 Å². The van der Waals surface area contributed by atoms with Gasteiger partial charge in [0.2, 0.25) is 0 Å². The highest BCUT2D eigenvalue weighted by molar-refractivity contribution is 5.40. The zero-order valence-corrected chi connectivity index (χ0v) is 12.2. The molecule has 3 heteroatoms. The van der Waals surface area contributed by atoms with Gasteiger partial charge < -0.3 is 5.73 Å². The molecule has 0 heterocycles. The standard InChI is InChI=1S/C15H27N3/c1-5-17(6-2)15(18(7-3)8-4)13-9-11-14(16)12-10-13/h9-12,15H,5-8,16H2,1-4H3. The molecule has 0 bridgehead atoms. The second-order valence-corrected chi connectivity index (χ2v) is 4.48. The molecule has 0 aliphatic heterocycles. The Morgan fingerprint density at radius 3 is 1.56 bits per heavy atom. The van der Waals surface area contributed by atoms with Gasteiger partial charge in [0.05, 0.1) is 6.17 Å². The van der Waals surface area contributed by atoms with E-state index in [1.165, 1.54) is 5.56 Å². The maximum Gasteiger partial charge on any atom is 0.0885 e. The van der Waals surface area contributed by atoms with Crippen molar-refractivity contribution in [1.29, 1.82) is 0 Å². The van der Waals surface area contributed by atoms with Crippen molar-refractivity contribution in [3.8, 4) is 0 Å². The Bertz CT molecular complexity index is 314. The van der Waals surface area contributed by atoms with Crippen LogP contribution in [-0.2, 0) is 0 Å². The van der Waals surface area contributed by atoms with Gasteiger partial charge in [0.15, 0.2) is 0 Å². The predicted molar refractivity (Wildman–Crippen MR) is 79.4 cm³/mol. The Balaban J connectivity index is 3.06. The predicted octanol–water partition coefficient (Wildman–Crippen LogP) is 2.95. The van der Waals surface area contributed by atoms with Crippen molar-refractivity contribution >= 4 is 5.69 Å². The van der Waals surface area contributed by atoms with Crippen molar-refractivity contribution < 1.29 is 0 Å². The van der Waals surface area contributed by atoms with Crippen LogP contribution in [0.3, 0.4) is 0 Å². The number of hydrogen-bond acceptors (Lipinski definition) is 3. The van der Waals surface area contributed by atoms with Gasteiger partial charge in [-0.05, 0) is 43.9 Å². The molecule has 0 fully saturated rings. The summed E-state index contributed by atoms with van der Waals surface area (Å²) in [6.45, 7) is 13.1. The average Bonchev–Trinajstić information content (AvgIpc) is 2.40. The summed E-state index contributed by atoms with van der Waals surface area (Å²) in [6, 6.07) is 8.29. The normalized spacial score (nSPS) is 11.7. The van der Waals surface area contributed by atoms with E-state index in [0.717, 1.165) is 31.9 Å². The molecule has 0 saturated heterocycles. The van der Waals surface area contributed by atoms with Crippen LogP contribution in [0.2, 0.25) is 0 Å². The van der Waals surface area contributed by atoms with Crippen molar-refractivity contribution in [1.82, 2.24) is 9.80 Å². The van der Waals surface area contributed by atoms with Crippen LogP contribution in [0, 0.1) is 0 Å². The van der Waals surface area contributed by atoms with E-state index < -0.39 is 0 Å². The van der Waals surface area contributed by atoms with E-state index in [0.29, 0.717) is 6.17 Å². The van der Waals surface area contributed by atoms with E-state index in [9.17, 15) is 0 Å². The molecule has 1 aromatic carbocycles. The van der Waals surface area contributed by atoms with E-state index in [-0.39, 0.29) is 0 Å². The largest absolute Gasteiger partial charge is 0.399 e. The lowest BCUT2D eigenvalue weighted by Gasteiger charge is -2.38. The molecule has 0 amide bonds. The van der Waals surface area contributed by atoms with E-state index in [4.69, 9.17) is 5.73 Å². The minimum atomic E-state index is 0.357. The Labute approximate surface area is 112 Å². The average molecular weight is 249 g/mol. The molecule has 0 atom stereocenters. The van der Waals surface area contributed by atoms with Crippen molar-refractivity contribution in [2.45, 2.75) is 33.9 Å². The summed E-state index contributed by atoms with van der Waals surface area (Å²) in [6.07, 6.45) is 0.357. The van der Waals surface area contributed by atoms with Crippen molar-refractivity contribution in [2.24, 2.45) is 0 Å². The molecule has 18 heavy (non-hydrogen) atoms. The van der Waals surface area contributed by atoms with Crippen LogP contribution in [0.25, 0.3) is 0 Å². The van der Waals surface area contributed by atoms with E-state index >= 15 is 0 Å². The van der Waals surface area contributed by atoms with Gasteiger partial charge >= 0.3 is 0 Å². The highest BCUT2D eigenvalue weighted by atomic mass is 15.3. The first kappa shape index (κ1) is 15.0. The van der Waals surface area contributed by atoms with Gasteiger partial charge in [0.25, 0.3) is 0 Å². The molecule has 0 radical (unpaired) electrons. The van der Waals surface area contributed by atoms with Crippen LogP contribution in [0.5, 0.6) is 0 Å². The molecule has 1 rings (SSSR count). The first-order chi connectivity index (χ1) is 8.67. The lowest BCUT2D eigenvalue weighted by molar-refractivity contribution is 0.0560. The number of nitrogens with two attached hydrogens (primary N) is 1. The van der Waals surface area contributed by atoms with Crippen LogP contribution in [-0.4, -0.2) is 36.0 Å². The number of nitrogens with zero attached hydrogens (tertiary/aromatic N) is 2. The summed E-state index contributed by atoms with van der Waals surface area (Å²) in [5.41, 5.74) is 7.94. The number of nitrogen functional groups attached to an aromatic ring is 1. The van der Waals surface area contributed by atoms with Gasteiger partial charge in [-0.2, -0.15) is 0 Å². The lowest BCUT2D eigenvalue weighted by Crippen LogP contribution is -2.41. The number of hydrogen-bond donors (Lipinski definition) is 1. The summed E-state index contributed by atoms with van der Waals surface area (Å²) in [7, 11) is 0. The SMILES string of the molecule is CCN(CC)C(c1ccc(N)cc1)N(CC)CC. The third kappa shape index (κ3) is 3.47. The molecule has 0 aromatic heterocycles. The third-order valence-corrected chi connectivity index (χ3v) is 3.55. The fourth-order valence-electron chi connectivity index (χ4n) is 2.46. The van der Waals surface area contributed by atoms with Crippen molar-refractivity contribution in [3.05, 3.63) is 29.8 Å². The van der Waals surface area contributed by atoms with Gasteiger partial charge in [0, 0.05) is 5.69 Å². The molecule has 3 nitrogen and oxygen atoms in total. The molecular formula is C15H27N3. The minimum Gasteiger partial charge on any atom is -0.399 e. The third-order valence-electron chi connectivity index (χ3n) is 3.55. The molecule has 0 saturated carbocycles. The van der Waals surface area contributed by atoms with Crippen LogP contribution in [0.4, 0.5) is 5.69 Å². The Morgan fingerprint density at radius 1 is 0.833 bits per heavy atom. The molecule has 0 spiro atoms. The molecule has 1 aromatic rings. The summed E-state index contributed by atoms with van der Waals surface area (Å²) in [4.78, 5) is 4.97. The first-order valence-corrected chi connectivity index (χ1v) is 7.01. The zero-order valence-electron chi connectivity index (χ0n) is 12.2. The van der Waals surface area contributed by atoms with Gasteiger partial charge in [0.1, 0.15) is 0 Å². The maximum absolute atomic E-state index is 5.78. The zero-order chi connectivity index (χ0) is 13.5. The highest BCUT2D eigenvalue weighted by Gasteiger charge is 2.22. The van der Waals surface area contributed by atoms with Gasteiger partial charge in [-0.1, -0.05) is 39.8 Å². The quantitative estimate of drug-likeness (QED) is 0.595. The second-order valence-electron chi connectivity index (χ2n) is 4.48. The van der Waals surface area contributed by atoms with Crippen LogP contribution >= 0.6 is 0 Å². The Morgan fingerprint density at radius 2 is 1.22 bits per heavy atom. The van der Waals surface area contributed by atoms with Gasteiger partial charge in [-0.15, -0.1) is 0 Å². The van der Waals surface area contributed by atoms with E-state index in [1.54, 1.807) is 0 Å². The summed E-state index contributed by atoms with van der Waals surface area (Å²) < 4.78 is 0. The summed E-state index contributed by atoms with van der Waals surface area (Å²) >= 11 is 0. The minimum absolute atomic E-state index is 0.357. The second kappa shape index (κ2) is 7.39. The Kier molecular flexibility index (Phi) is 6.16. The van der Waals surface area contributed by atoms with Gasteiger partial charge in [-0.3, -0.25) is 9.80 Å². The van der Waals surface area contributed by atoms with E-state index in [1.807, 2.05) is 12.1 Å². The number of benzene rings is 1. The fraction of sp³-hybridized carbons (Fsp3) is 0.600. The van der Waals surface area contributed by atoms with Crippen LogP contribution in [0.1, 0.15) is 39.4 Å². The van der Waals surface area contributed by atoms with Crippen molar-refractivity contribution in [3.63, 3.8) is 0 Å². The number of anilines is 1. The maximum atomic E-state index is 5.78. The first-order valence-electron chi connectivity index (χ1n) is 7.01. The molecule has 102 valence electrons. The fourth-order valence-corrected chi connectivity index (χ4v) is 2.46. The number of rotatable bonds is 7. The summed E-state index contributed by atoms with van der Waals surface area (Å²) in [5, 5.41) is 0. The Hall–Kier alpha value is -1.06. The smallest absolute Gasteiger partial charge is 0.0885 e.